The maximum absolute atomic E-state index is 2.49. The van der Waals surface area contributed by atoms with Gasteiger partial charge in [0, 0.05) is 0 Å². The van der Waals surface area contributed by atoms with Gasteiger partial charge in [0.05, 0.1) is 0 Å². The summed E-state index contributed by atoms with van der Waals surface area (Å²) in [5.74, 6) is 5.15. The lowest BCUT2D eigenvalue weighted by Gasteiger charge is -2.33. The Balaban J connectivity index is 2.08. The van der Waals surface area contributed by atoms with Crippen LogP contribution in [0.3, 0.4) is 0 Å². The third-order valence-corrected chi connectivity index (χ3v) is 4.39. The van der Waals surface area contributed by atoms with Crippen LogP contribution in [0.15, 0.2) is 0 Å². The van der Waals surface area contributed by atoms with Gasteiger partial charge in [0.2, 0.25) is 0 Å². The van der Waals surface area contributed by atoms with Crippen molar-refractivity contribution < 1.29 is 0 Å². The van der Waals surface area contributed by atoms with E-state index < -0.39 is 0 Å². The second kappa shape index (κ2) is 3.63. The van der Waals surface area contributed by atoms with E-state index in [0.717, 1.165) is 29.6 Å². The molecule has 0 N–H and O–H groups in total. The SMILES string of the molecule is CC1CC2CC(C)CC(C2)C(C)C1. The minimum atomic E-state index is 0.996. The van der Waals surface area contributed by atoms with Crippen molar-refractivity contribution in [3.05, 3.63) is 0 Å². The van der Waals surface area contributed by atoms with Gasteiger partial charge in [-0.1, -0.05) is 20.8 Å². The van der Waals surface area contributed by atoms with E-state index in [0.29, 0.717) is 0 Å². The summed E-state index contributed by atoms with van der Waals surface area (Å²) in [6.07, 6.45) is 7.60. The first-order chi connectivity index (χ1) is 6.15. The Kier molecular flexibility index (Phi) is 2.67. The summed E-state index contributed by atoms with van der Waals surface area (Å²) >= 11 is 0. The van der Waals surface area contributed by atoms with E-state index in [4.69, 9.17) is 0 Å². The Morgan fingerprint density at radius 1 is 0.692 bits per heavy atom. The van der Waals surface area contributed by atoms with Crippen LogP contribution in [0.5, 0.6) is 0 Å². The minimum Gasteiger partial charge on any atom is -0.0625 e. The third-order valence-electron chi connectivity index (χ3n) is 4.39. The minimum absolute atomic E-state index is 0.996. The Labute approximate surface area is 83.1 Å². The second-order valence-electron chi connectivity index (χ2n) is 5.99. The van der Waals surface area contributed by atoms with Crippen LogP contribution in [0.4, 0.5) is 0 Å². The molecule has 2 aliphatic carbocycles. The van der Waals surface area contributed by atoms with Crippen molar-refractivity contribution in [2.75, 3.05) is 0 Å². The van der Waals surface area contributed by atoms with Crippen molar-refractivity contribution in [1.29, 1.82) is 0 Å². The summed E-state index contributed by atoms with van der Waals surface area (Å²) in [6, 6.07) is 0. The lowest BCUT2D eigenvalue weighted by molar-refractivity contribution is 0.176. The third kappa shape index (κ3) is 2.08. The molecule has 0 aromatic rings. The predicted molar refractivity (Wildman–Crippen MR) is 57.6 cm³/mol. The second-order valence-corrected chi connectivity index (χ2v) is 5.99. The van der Waals surface area contributed by atoms with Gasteiger partial charge < -0.3 is 0 Å². The Morgan fingerprint density at radius 3 is 2.00 bits per heavy atom. The van der Waals surface area contributed by atoms with Crippen molar-refractivity contribution in [2.24, 2.45) is 29.6 Å². The molecule has 0 amide bonds. The highest BCUT2D eigenvalue weighted by atomic mass is 14.4. The first kappa shape index (κ1) is 9.55. The molecule has 5 unspecified atom stereocenters. The van der Waals surface area contributed by atoms with Crippen molar-refractivity contribution in [3.8, 4) is 0 Å². The van der Waals surface area contributed by atoms with Crippen molar-refractivity contribution in [3.63, 3.8) is 0 Å². The first-order valence-electron chi connectivity index (χ1n) is 6.15. The van der Waals surface area contributed by atoms with Crippen LogP contribution >= 0.6 is 0 Å². The molecule has 2 aliphatic rings. The molecule has 2 bridgehead atoms. The van der Waals surface area contributed by atoms with Gasteiger partial charge in [-0.2, -0.15) is 0 Å². The molecule has 0 aromatic heterocycles. The molecule has 5 atom stereocenters. The lowest BCUT2D eigenvalue weighted by atomic mass is 9.72. The van der Waals surface area contributed by atoms with E-state index >= 15 is 0 Å². The molecule has 0 saturated heterocycles. The van der Waals surface area contributed by atoms with Crippen molar-refractivity contribution >= 4 is 0 Å². The van der Waals surface area contributed by atoms with Gasteiger partial charge in [-0.15, -0.1) is 0 Å². The van der Waals surface area contributed by atoms with Crippen LogP contribution in [0, 0.1) is 29.6 Å². The molecule has 0 spiro atoms. The van der Waals surface area contributed by atoms with E-state index in [9.17, 15) is 0 Å². The van der Waals surface area contributed by atoms with Crippen LogP contribution in [0.2, 0.25) is 0 Å². The number of hydrogen-bond donors (Lipinski definition) is 0. The Hall–Kier alpha value is 0. The highest BCUT2D eigenvalue weighted by Crippen LogP contribution is 2.45. The van der Waals surface area contributed by atoms with Gasteiger partial charge >= 0.3 is 0 Å². The molecule has 0 nitrogen and oxygen atoms in total. The standard InChI is InChI=1S/C13H24/c1-9-4-11(3)13-7-10(2)6-12(5-9)8-13/h9-13H,4-8H2,1-3H3. The normalized spacial score (nSPS) is 51.5. The highest BCUT2D eigenvalue weighted by Gasteiger charge is 2.34. The van der Waals surface area contributed by atoms with Gasteiger partial charge in [-0.3, -0.25) is 0 Å². The van der Waals surface area contributed by atoms with Gasteiger partial charge in [0.25, 0.3) is 0 Å². The molecule has 0 heteroatoms. The van der Waals surface area contributed by atoms with E-state index in [-0.39, 0.29) is 0 Å². The summed E-state index contributed by atoms with van der Waals surface area (Å²) in [4.78, 5) is 0. The van der Waals surface area contributed by atoms with Crippen LogP contribution in [-0.4, -0.2) is 0 Å². The monoisotopic (exact) mass is 180 g/mol. The molecule has 2 saturated carbocycles. The molecule has 2 rings (SSSR count). The first-order valence-corrected chi connectivity index (χ1v) is 6.15. The van der Waals surface area contributed by atoms with Crippen LogP contribution in [-0.2, 0) is 0 Å². The Morgan fingerprint density at radius 2 is 1.31 bits per heavy atom. The van der Waals surface area contributed by atoms with Crippen LogP contribution in [0.25, 0.3) is 0 Å². The molecular weight excluding hydrogens is 156 g/mol. The topological polar surface area (TPSA) is 0 Å². The van der Waals surface area contributed by atoms with Gasteiger partial charge in [-0.05, 0) is 61.7 Å². The summed E-state index contributed by atoms with van der Waals surface area (Å²) < 4.78 is 0. The predicted octanol–water partition coefficient (Wildman–Crippen LogP) is 4.10. The molecule has 2 fully saturated rings. The molecule has 0 radical (unpaired) electrons. The maximum atomic E-state index is 2.49. The van der Waals surface area contributed by atoms with Gasteiger partial charge in [-0.25, -0.2) is 0 Å². The van der Waals surface area contributed by atoms with E-state index in [1.165, 1.54) is 25.7 Å². The molecule has 76 valence electrons. The fraction of sp³-hybridized carbons (Fsp3) is 1.00. The van der Waals surface area contributed by atoms with Crippen LogP contribution < -0.4 is 0 Å². The van der Waals surface area contributed by atoms with E-state index in [1.807, 2.05) is 0 Å². The van der Waals surface area contributed by atoms with Crippen molar-refractivity contribution in [1.82, 2.24) is 0 Å². The maximum Gasteiger partial charge on any atom is -0.0383 e. The summed E-state index contributed by atoms with van der Waals surface area (Å²) in [7, 11) is 0. The lowest BCUT2D eigenvalue weighted by Crippen LogP contribution is -2.23. The molecular formula is C13H24. The van der Waals surface area contributed by atoms with Gasteiger partial charge in [0.1, 0.15) is 0 Å². The fourth-order valence-electron chi connectivity index (χ4n) is 3.95. The zero-order chi connectivity index (χ0) is 9.42. The molecule has 0 aromatic carbocycles. The molecule has 0 heterocycles. The fourth-order valence-corrected chi connectivity index (χ4v) is 3.95. The summed E-state index contributed by atoms with van der Waals surface area (Å²) in [5, 5.41) is 0. The zero-order valence-corrected chi connectivity index (χ0v) is 9.42. The molecule has 0 aliphatic heterocycles. The van der Waals surface area contributed by atoms with E-state index in [2.05, 4.69) is 20.8 Å². The quantitative estimate of drug-likeness (QED) is 0.526. The molecule has 13 heavy (non-hydrogen) atoms. The summed E-state index contributed by atoms with van der Waals surface area (Å²) in [5.41, 5.74) is 0. The smallest absolute Gasteiger partial charge is 0.0383 e. The Bertz CT molecular complexity index is 173. The highest BCUT2D eigenvalue weighted by molar-refractivity contribution is 4.84. The summed E-state index contributed by atoms with van der Waals surface area (Å²) in [6.45, 7) is 7.41. The number of rotatable bonds is 0. The van der Waals surface area contributed by atoms with Crippen molar-refractivity contribution in [2.45, 2.75) is 52.9 Å². The largest absolute Gasteiger partial charge is 0.0625 e. The average Bonchev–Trinajstić information content (AvgIpc) is 2.09. The average molecular weight is 180 g/mol. The number of fused-ring (bicyclic) bond motifs is 2. The van der Waals surface area contributed by atoms with Crippen LogP contribution in [0.1, 0.15) is 52.9 Å². The van der Waals surface area contributed by atoms with E-state index in [1.54, 1.807) is 6.42 Å². The zero-order valence-electron chi connectivity index (χ0n) is 9.42. The number of hydrogen-bond acceptors (Lipinski definition) is 0. The van der Waals surface area contributed by atoms with Gasteiger partial charge in [0.15, 0.2) is 0 Å².